The normalized spacial score (nSPS) is 15.1. The first-order valence-electron chi connectivity index (χ1n) is 6.84. The summed E-state index contributed by atoms with van der Waals surface area (Å²) in [4.78, 5) is 36.4. The van der Waals surface area contributed by atoms with Crippen LogP contribution in [0.15, 0.2) is 24.3 Å². The number of nitrogens with zero attached hydrogens (tertiary/aromatic N) is 1. The molecule has 0 radical (unpaired) electrons. The molecular formula is C15H17ClN2O3. The highest BCUT2D eigenvalue weighted by molar-refractivity contribution is 6.39. The number of carbonyl (C=O) groups is 3. The molecule has 2 amide bonds. The summed E-state index contributed by atoms with van der Waals surface area (Å²) >= 11 is 5.88. The van der Waals surface area contributed by atoms with Crippen LogP contribution in [-0.4, -0.2) is 30.7 Å². The standard InChI is InChI=1S/C15H17ClN2O3/c1-10(14(20)15(21)17-8-11-5-6-11)18(9-19)13-4-2-3-12(16)7-13/h2-4,7,9-11H,5-6,8H2,1H3,(H,17,21). The molecule has 0 bridgehead atoms. The smallest absolute Gasteiger partial charge is 0.289 e. The predicted octanol–water partition coefficient (Wildman–Crippen LogP) is 1.79. The Kier molecular flexibility index (Phi) is 4.96. The van der Waals surface area contributed by atoms with Crippen molar-refractivity contribution in [2.45, 2.75) is 25.8 Å². The minimum atomic E-state index is -0.875. The van der Waals surface area contributed by atoms with Gasteiger partial charge >= 0.3 is 0 Å². The van der Waals surface area contributed by atoms with Crippen LogP contribution in [0.1, 0.15) is 19.8 Å². The lowest BCUT2D eigenvalue weighted by atomic mass is 10.1. The van der Waals surface area contributed by atoms with Gasteiger partial charge in [0.25, 0.3) is 5.91 Å². The summed E-state index contributed by atoms with van der Waals surface area (Å²) in [7, 11) is 0. The first-order valence-corrected chi connectivity index (χ1v) is 7.22. The molecule has 1 atom stereocenters. The lowest BCUT2D eigenvalue weighted by Gasteiger charge is -2.23. The molecule has 1 saturated carbocycles. The Morgan fingerprint density at radius 1 is 1.48 bits per heavy atom. The van der Waals surface area contributed by atoms with Crippen molar-refractivity contribution < 1.29 is 14.4 Å². The van der Waals surface area contributed by atoms with E-state index >= 15 is 0 Å². The molecule has 2 rings (SSSR count). The van der Waals surface area contributed by atoms with Crippen molar-refractivity contribution >= 4 is 35.4 Å². The number of amides is 2. The minimum Gasteiger partial charge on any atom is -0.349 e. The second-order valence-corrected chi connectivity index (χ2v) is 5.62. The van der Waals surface area contributed by atoms with Crippen LogP contribution in [0.4, 0.5) is 5.69 Å². The second kappa shape index (κ2) is 6.72. The van der Waals surface area contributed by atoms with E-state index in [1.165, 1.54) is 11.8 Å². The van der Waals surface area contributed by atoms with E-state index in [-0.39, 0.29) is 0 Å². The van der Waals surface area contributed by atoms with Crippen molar-refractivity contribution in [1.82, 2.24) is 5.32 Å². The van der Waals surface area contributed by atoms with Crippen LogP contribution in [0, 0.1) is 5.92 Å². The van der Waals surface area contributed by atoms with Crippen molar-refractivity contribution in [3.8, 4) is 0 Å². The van der Waals surface area contributed by atoms with Gasteiger partial charge in [-0.15, -0.1) is 0 Å². The lowest BCUT2D eigenvalue weighted by Crippen LogP contribution is -2.46. The Morgan fingerprint density at radius 3 is 2.76 bits per heavy atom. The number of carbonyl (C=O) groups excluding carboxylic acids is 3. The molecule has 1 unspecified atom stereocenters. The third-order valence-electron chi connectivity index (χ3n) is 3.49. The van der Waals surface area contributed by atoms with E-state index in [1.807, 2.05) is 0 Å². The maximum atomic E-state index is 12.1. The fraction of sp³-hybridized carbons (Fsp3) is 0.400. The summed E-state index contributed by atoms with van der Waals surface area (Å²) in [6.07, 6.45) is 2.71. The van der Waals surface area contributed by atoms with Crippen molar-refractivity contribution in [2.24, 2.45) is 5.92 Å². The number of nitrogens with one attached hydrogen (secondary N) is 1. The second-order valence-electron chi connectivity index (χ2n) is 5.19. The molecule has 21 heavy (non-hydrogen) atoms. The molecule has 1 N–H and O–H groups in total. The number of rotatable bonds is 7. The summed E-state index contributed by atoms with van der Waals surface area (Å²) in [5, 5.41) is 3.07. The van der Waals surface area contributed by atoms with Crippen LogP contribution in [0.3, 0.4) is 0 Å². The number of ketones is 1. The summed E-state index contributed by atoms with van der Waals surface area (Å²) < 4.78 is 0. The van der Waals surface area contributed by atoms with Crippen LogP contribution >= 0.6 is 11.6 Å². The molecule has 5 nitrogen and oxygen atoms in total. The van der Waals surface area contributed by atoms with Gasteiger partial charge in [-0.1, -0.05) is 17.7 Å². The van der Waals surface area contributed by atoms with Crippen LogP contribution in [0.5, 0.6) is 0 Å². The molecule has 1 fully saturated rings. The van der Waals surface area contributed by atoms with Gasteiger partial charge in [0.2, 0.25) is 12.2 Å². The molecule has 1 aliphatic carbocycles. The highest BCUT2D eigenvalue weighted by Crippen LogP contribution is 2.27. The molecular weight excluding hydrogens is 292 g/mol. The summed E-state index contributed by atoms with van der Waals surface area (Å²) in [6.45, 7) is 2.05. The van der Waals surface area contributed by atoms with E-state index in [1.54, 1.807) is 24.3 Å². The first-order chi connectivity index (χ1) is 10.0. The van der Waals surface area contributed by atoms with Crippen LogP contribution in [0.2, 0.25) is 5.02 Å². The fourth-order valence-corrected chi connectivity index (χ4v) is 2.16. The summed E-state index contributed by atoms with van der Waals surface area (Å²) in [6, 6.07) is 5.70. The van der Waals surface area contributed by atoms with E-state index in [4.69, 9.17) is 11.6 Å². The first kappa shape index (κ1) is 15.5. The minimum absolute atomic E-state index is 0.456. The van der Waals surface area contributed by atoms with Gasteiger partial charge in [0.1, 0.15) is 6.04 Å². The van der Waals surface area contributed by atoms with Crippen molar-refractivity contribution in [3.63, 3.8) is 0 Å². The molecule has 6 heteroatoms. The van der Waals surface area contributed by atoms with Gasteiger partial charge in [-0.25, -0.2) is 0 Å². The zero-order chi connectivity index (χ0) is 15.4. The van der Waals surface area contributed by atoms with Crippen LogP contribution in [-0.2, 0) is 14.4 Å². The average Bonchev–Trinajstić information content (AvgIpc) is 3.29. The summed E-state index contributed by atoms with van der Waals surface area (Å²) in [5.41, 5.74) is 0.480. The monoisotopic (exact) mass is 308 g/mol. The molecule has 1 aliphatic rings. The van der Waals surface area contributed by atoms with Gasteiger partial charge in [0, 0.05) is 17.3 Å². The highest BCUT2D eigenvalue weighted by Gasteiger charge is 2.29. The third kappa shape index (κ3) is 4.04. The SMILES string of the molecule is CC(C(=O)C(=O)NCC1CC1)N(C=O)c1cccc(Cl)c1. The third-order valence-corrected chi connectivity index (χ3v) is 3.72. The van der Waals surface area contributed by atoms with Gasteiger partial charge in [0.15, 0.2) is 0 Å². The van der Waals surface area contributed by atoms with E-state index in [0.29, 0.717) is 29.6 Å². The van der Waals surface area contributed by atoms with Gasteiger partial charge in [-0.3, -0.25) is 14.4 Å². The Bertz CT molecular complexity index is 558. The Labute approximate surface area is 128 Å². The van der Waals surface area contributed by atoms with E-state index < -0.39 is 17.7 Å². The topological polar surface area (TPSA) is 66.5 Å². The number of halogens is 1. The lowest BCUT2D eigenvalue weighted by molar-refractivity contribution is -0.138. The van der Waals surface area contributed by atoms with E-state index in [9.17, 15) is 14.4 Å². The van der Waals surface area contributed by atoms with Crippen molar-refractivity contribution in [1.29, 1.82) is 0 Å². The maximum absolute atomic E-state index is 12.1. The number of hydrogen-bond acceptors (Lipinski definition) is 3. The molecule has 0 aliphatic heterocycles. The summed E-state index contributed by atoms with van der Waals surface area (Å²) in [5.74, 6) is -0.793. The molecule has 1 aromatic rings. The predicted molar refractivity (Wildman–Crippen MR) is 80.2 cm³/mol. The molecule has 0 spiro atoms. The Morgan fingerprint density at radius 2 is 2.19 bits per heavy atom. The van der Waals surface area contributed by atoms with Gasteiger partial charge < -0.3 is 10.2 Å². The van der Waals surface area contributed by atoms with Crippen molar-refractivity contribution in [3.05, 3.63) is 29.3 Å². The molecule has 0 aromatic heterocycles. The quantitative estimate of drug-likeness (QED) is 0.617. The van der Waals surface area contributed by atoms with Crippen LogP contribution in [0.25, 0.3) is 0 Å². The molecule has 1 aromatic carbocycles. The largest absolute Gasteiger partial charge is 0.349 e. The van der Waals surface area contributed by atoms with E-state index in [0.717, 1.165) is 12.8 Å². The molecule has 112 valence electrons. The van der Waals surface area contributed by atoms with Gasteiger partial charge in [0.05, 0.1) is 0 Å². The number of anilines is 1. The van der Waals surface area contributed by atoms with Crippen molar-refractivity contribution in [2.75, 3.05) is 11.4 Å². The number of Topliss-reactive ketones (excluding diaryl/α,β-unsaturated/α-hetero) is 1. The maximum Gasteiger partial charge on any atom is 0.289 e. The number of benzene rings is 1. The fourth-order valence-electron chi connectivity index (χ4n) is 1.97. The highest BCUT2D eigenvalue weighted by atomic mass is 35.5. The Balaban J connectivity index is 2.04. The van der Waals surface area contributed by atoms with Crippen LogP contribution < -0.4 is 10.2 Å². The zero-order valence-corrected chi connectivity index (χ0v) is 12.5. The van der Waals surface area contributed by atoms with E-state index in [2.05, 4.69) is 5.32 Å². The zero-order valence-electron chi connectivity index (χ0n) is 11.7. The molecule has 0 saturated heterocycles. The number of hydrogen-bond donors (Lipinski definition) is 1. The Hall–Kier alpha value is -1.88. The van der Waals surface area contributed by atoms with Gasteiger partial charge in [-0.05, 0) is 43.9 Å². The molecule has 0 heterocycles. The van der Waals surface area contributed by atoms with Gasteiger partial charge in [-0.2, -0.15) is 0 Å². The average molecular weight is 309 g/mol.